The number of nitrogens with zero attached hydrogens (tertiary/aromatic N) is 3. The van der Waals surface area contributed by atoms with E-state index in [1.54, 1.807) is 11.3 Å². The van der Waals surface area contributed by atoms with Crippen LogP contribution in [0.2, 0.25) is 0 Å². The molecule has 1 aliphatic rings. The van der Waals surface area contributed by atoms with Gasteiger partial charge in [0.05, 0.1) is 5.69 Å². The molecule has 1 aliphatic carbocycles. The monoisotopic (exact) mass is 234 g/mol. The Kier molecular flexibility index (Phi) is 1.95. The first-order valence-corrected chi connectivity index (χ1v) is 6.26. The van der Waals surface area contributed by atoms with Crippen molar-refractivity contribution >= 4 is 11.3 Å². The molecule has 1 atom stereocenters. The van der Waals surface area contributed by atoms with Crippen molar-refractivity contribution in [2.45, 2.75) is 38.5 Å². The van der Waals surface area contributed by atoms with Crippen molar-refractivity contribution in [1.82, 2.24) is 20.2 Å². The lowest BCUT2D eigenvalue weighted by atomic mass is 9.91. The number of fused-ring (bicyclic) bond motifs is 1. The molecule has 4 nitrogen and oxygen atoms in total. The summed E-state index contributed by atoms with van der Waals surface area (Å²) in [6.07, 6.45) is 2.72. The van der Waals surface area contributed by atoms with Gasteiger partial charge in [0.2, 0.25) is 0 Å². The van der Waals surface area contributed by atoms with Crippen LogP contribution in [0, 0.1) is 0 Å². The van der Waals surface area contributed by atoms with Gasteiger partial charge in [-0.3, -0.25) is 5.10 Å². The first-order valence-electron chi connectivity index (χ1n) is 5.45. The Bertz CT molecular complexity index is 512. The van der Waals surface area contributed by atoms with Crippen LogP contribution in [-0.2, 0) is 5.41 Å². The lowest BCUT2D eigenvalue weighted by molar-refractivity contribution is 0.493. The van der Waals surface area contributed by atoms with Crippen molar-refractivity contribution in [3.8, 4) is 10.8 Å². The maximum absolute atomic E-state index is 4.69. The fourth-order valence-corrected chi connectivity index (χ4v) is 3.76. The van der Waals surface area contributed by atoms with Crippen LogP contribution in [0.1, 0.15) is 43.7 Å². The predicted molar refractivity (Wildman–Crippen MR) is 63.5 cm³/mol. The molecule has 1 unspecified atom stereocenters. The van der Waals surface area contributed by atoms with Crippen LogP contribution in [-0.4, -0.2) is 20.2 Å². The van der Waals surface area contributed by atoms with Gasteiger partial charge in [0.1, 0.15) is 6.33 Å². The maximum atomic E-state index is 4.69. The van der Waals surface area contributed by atoms with Crippen LogP contribution in [0.3, 0.4) is 0 Å². The Morgan fingerprint density at radius 2 is 2.31 bits per heavy atom. The van der Waals surface area contributed by atoms with Crippen LogP contribution < -0.4 is 0 Å². The molecular weight excluding hydrogens is 220 g/mol. The molecule has 0 amide bonds. The SMILES string of the molecule is CC1CC(C)(C)c2sc(-c3ncn[nH]3)nc21. The smallest absolute Gasteiger partial charge is 0.184 e. The molecule has 0 bridgehead atoms. The molecule has 0 saturated carbocycles. The van der Waals surface area contributed by atoms with Crippen LogP contribution >= 0.6 is 11.3 Å². The number of H-pyrrole nitrogens is 1. The predicted octanol–water partition coefficient (Wildman–Crippen LogP) is 2.71. The number of thiazole rings is 1. The molecule has 2 heterocycles. The molecule has 2 aromatic heterocycles. The van der Waals surface area contributed by atoms with E-state index in [0.29, 0.717) is 5.92 Å². The molecule has 0 radical (unpaired) electrons. The highest BCUT2D eigenvalue weighted by molar-refractivity contribution is 7.15. The molecule has 0 saturated heterocycles. The van der Waals surface area contributed by atoms with Gasteiger partial charge < -0.3 is 0 Å². The second-order valence-electron chi connectivity index (χ2n) is 5.06. The summed E-state index contributed by atoms with van der Waals surface area (Å²) in [5.74, 6) is 1.33. The molecule has 16 heavy (non-hydrogen) atoms. The minimum atomic E-state index is 0.255. The number of aromatic amines is 1. The van der Waals surface area contributed by atoms with E-state index in [4.69, 9.17) is 4.98 Å². The van der Waals surface area contributed by atoms with Gasteiger partial charge in [0, 0.05) is 16.2 Å². The van der Waals surface area contributed by atoms with E-state index in [2.05, 4.69) is 36.0 Å². The van der Waals surface area contributed by atoms with Gasteiger partial charge in [-0.1, -0.05) is 20.8 Å². The fraction of sp³-hybridized carbons (Fsp3) is 0.545. The Morgan fingerprint density at radius 3 is 2.94 bits per heavy atom. The van der Waals surface area contributed by atoms with Gasteiger partial charge in [-0.2, -0.15) is 5.10 Å². The van der Waals surface area contributed by atoms with Crippen molar-refractivity contribution in [2.75, 3.05) is 0 Å². The molecule has 84 valence electrons. The average Bonchev–Trinajstić information content (AvgIpc) is 2.88. The van der Waals surface area contributed by atoms with E-state index in [9.17, 15) is 0 Å². The van der Waals surface area contributed by atoms with E-state index in [1.807, 2.05) is 0 Å². The third kappa shape index (κ3) is 1.31. The molecule has 0 fully saturated rings. The Morgan fingerprint density at radius 1 is 1.50 bits per heavy atom. The number of hydrogen-bond donors (Lipinski definition) is 1. The summed E-state index contributed by atoms with van der Waals surface area (Å²) in [5, 5.41) is 7.70. The van der Waals surface area contributed by atoms with E-state index in [-0.39, 0.29) is 5.41 Å². The first kappa shape index (κ1) is 9.96. The zero-order chi connectivity index (χ0) is 11.3. The van der Waals surface area contributed by atoms with Crippen LogP contribution in [0.4, 0.5) is 0 Å². The zero-order valence-corrected chi connectivity index (χ0v) is 10.4. The summed E-state index contributed by atoms with van der Waals surface area (Å²) in [4.78, 5) is 10.3. The highest BCUT2D eigenvalue weighted by atomic mass is 32.1. The third-order valence-electron chi connectivity index (χ3n) is 3.17. The summed E-state index contributed by atoms with van der Waals surface area (Å²) in [6.45, 7) is 6.83. The summed E-state index contributed by atoms with van der Waals surface area (Å²) < 4.78 is 0. The minimum Gasteiger partial charge on any atom is -0.257 e. The largest absolute Gasteiger partial charge is 0.257 e. The Hall–Kier alpha value is -1.23. The summed E-state index contributed by atoms with van der Waals surface area (Å²) in [7, 11) is 0. The standard InChI is InChI=1S/C11H14N4S/c1-6-4-11(2,3)8-7(6)14-10(16-8)9-12-5-13-15-9/h5-6H,4H2,1-3H3,(H,12,13,15). The van der Waals surface area contributed by atoms with Crippen molar-refractivity contribution in [2.24, 2.45) is 0 Å². The van der Waals surface area contributed by atoms with E-state index < -0.39 is 0 Å². The molecular formula is C11H14N4S. The van der Waals surface area contributed by atoms with Crippen LogP contribution in [0.15, 0.2) is 6.33 Å². The summed E-state index contributed by atoms with van der Waals surface area (Å²) in [6, 6.07) is 0. The normalized spacial score (nSPS) is 22.3. The van der Waals surface area contributed by atoms with Crippen molar-refractivity contribution in [1.29, 1.82) is 0 Å². The van der Waals surface area contributed by atoms with Gasteiger partial charge in [-0.25, -0.2) is 9.97 Å². The zero-order valence-electron chi connectivity index (χ0n) is 9.61. The second-order valence-corrected chi connectivity index (χ2v) is 6.06. The van der Waals surface area contributed by atoms with Gasteiger partial charge >= 0.3 is 0 Å². The average molecular weight is 234 g/mol. The quantitative estimate of drug-likeness (QED) is 0.825. The first-order chi connectivity index (χ1) is 7.58. The van der Waals surface area contributed by atoms with Crippen LogP contribution in [0.5, 0.6) is 0 Å². The number of aromatic nitrogens is 4. The maximum Gasteiger partial charge on any atom is 0.184 e. The van der Waals surface area contributed by atoms with Gasteiger partial charge in [0.15, 0.2) is 10.8 Å². The lowest BCUT2D eigenvalue weighted by Crippen LogP contribution is -2.10. The van der Waals surface area contributed by atoms with Crippen molar-refractivity contribution in [3.05, 3.63) is 16.9 Å². The highest BCUT2D eigenvalue weighted by Crippen LogP contribution is 2.49. The summed E-state index contributed by atoms with van der Waals surface area (Å²) in [5.41, 5.74) is 1.51. The lowest BCUT2D eigenvalue weighted by Gasteiger charge is -2.16. The highest BCUT2D eigenvalue weighted by Gasteiger charge is 2.38. The van der Waals surface area contributed by atoms with E-state index >= 15 is 0 Å². The van der Waals surface area contributed by atoms with E-state index in [0.717, 1.165) is 10.8 Å². The van der Waals surface area contributed by atoms with Crippen LogP contribution in [0.25, 0.3) is 10.8 Å². The van der Waals surface area contributed by atoms with Gasteiger partial charge in [-0.15, -0.1) is 11.3 Å². The molecule has 2 aromatic rings. The topological polar surface area (TPSA) is 54.5 Å². The molecule has 0 spiro atoms. The molecule has 5 heteroatoms. The van der Waals surface area contributed by atoms with Gasteiger partial charge in [-0.05, 0) is 6.42 Å². The number of hydrogen-bond acceptors (Lipinski definition) is 4. The Balaban J connectivity index is 2.12. The minimum absolute atomic E-state index is 0.255. The third-order valence-corrected chi connectivity index (χ3v) is 4.61. The molecule has 1 N–H and O–H groups in total. The molecule has 3 rings (SSSR count). The van der Waals surface area contributed by atoms with Gasteiger partial charge in [0.25, 0.3) is 0 Å². The van der Waals surface area contributed by atoms with Crippen molar-refractivity contribution < 1.29 is 0 Å². The number of nitrogens with one attached hydrogen (secondary N) is 1. The molecule has 0 aliphatic heterocycles. The van der Waals surface area contributed by atoms with Crippen molar-refractivity contribution in [3.63, 3.8) is 0 Å². The summed E-state index contributed by atoms with van der Waals surface area (Å²) >= 11 is 1.75. The fourth-order valence-electron chi connectivity index (χ4n) is 2.52. The Labute approximate surface area is 98.1 Å². The van der Waals surface area contributed by atoms with E-state index in [1.165, 1.54) is 23.3 Å². The molecule has 0 aromatic carbocycles. The second kappa shape index (κ2) is 3.13. The number of rotatable bonds is 1.